The molecule has 0 saturated carbocycles. The minimum Gasteiger partial charge on any atom is -0.333 e. The number of hydrogen-bond donors (Lipinski definition) is 0. The van der Waals surface area contributed by atoms with Gasteiger partial charge in [-0.05, 0) is 55.7 Å². The molecule has 1 aromatic heterocycles. The summed E-state index contributed by atoms with van der Waals surface area (Å²) in [6.45, 7) is 7.01. The first-order valence-electron chi connectivity index (χ1n) is 15.1. The van der Waals surface area contributed by atoms with Crippen molar-refractivity contribution in [2.75, 3.05) is 6.54 Å². The molecule has 0 saturated heterocycles. The minimum absolute atomic E-state index is 0.117. The predicted octanol–water partition coefficient (Wildman–Crippen LogP) is 8.53. The van der Waals surface area contributed by atoms with Crippen LogP contribution in [0.15, 0.2) is 53.3 Å². The van der Waals surface area contributed by atoms with E-state index >= 15 is 0 Å². The first-order valence-corrected chi connectivity index (χ1v) is 15.1. The lowest BCUT2D eigenvalue weighted by molar-refractivity contribution is -0.134. The van der Waals surface area contributed by atoms with Crippen molar-refractivity contribution in [3.05, 3.63) is 70.5 Å². The van der Waals surface area contributed by atoms with Gasteiger partial charge in [0.25, 0.3) is 5.56 Å². The van der Waals surface area contributed by atoms with Crippen LogP contribution in [0.1, 0.15) is 116 Å². The van der Waals surface area contributed by atoms with Crippen LogP contribution in [0.2, 0.25) is 0 Å². The van der Waals surface area contributed by atoms with E-state index in [0.717, 1.165) is 25.7 Å². The van der Waals surface area contributed by atoms with E-state index < -0.39 is 0 Å². The van der Waals surface area contributed by atoms with E-state index in [-0.39, 0.29) is 23.3 Å². The summed E-state index contributed by atoms with van der Waals surface area (Å²) < 4.78 is 15.3. The van der Waals surface area contributed by atoms with Crippen LogP contribution in [-0.4, -0.2) is 26.9 Å². The molecule has 0 aliphatic rings. The topological polar surface area (TPSA) is 55.2 Å². The molecule has 212 valence electrons. The van der Waals surface area contributed by atoms with Crippen LogP contribution in [0.25, 0.3) is 16.6 Å². The highest BCUT2D eigenvalue weighted by atomic mass is 19.1. The van der Waals surface area contributed by atoms with Gasteiger partial charge in [0.1, 0.15) is 11.6 Å². The molecule has 39 heavy (non-hydrogen) atoms. The largest absolute Gasteiger partial charge is 0.333 e. The summed E-state index contributed by atoms with van der Waals surface area (Å²) in [6, 6.07) is 12.8. The molecular formula is C33H46FN3O2. The monoisotopic (exact) mass is 535 g/mol. The Bertz CT molecular complexity index is 1220. The number of hydrogen-bond acceptors (Lipinski definition) is 3. The third-order valence-electron chi connectivity index (χ3n) is 7.51. The highest BCUT2D eigenvalue weighted by Gasteiger charge is 2.28. The molecule has 1 amide bonds. The zero-order valence-electron chi connectivity index (χ0n) is 24.1. The van der Waals surface area contributed by atoms with Crippen molar-refractivity contribution >= 4 is 16.8 Å². The van der Waals surface area contributed by atoms with E-state index in [9.17, 15) is 14.0 Å². The number of benzene rings is 2. The van der Waals surface area contributed by atoms with Crippen LogP contribution in [0.4, 0.5) is 4.39 Å². The fourth-order valence-electron chi connectivity index (χ4n) is 5.27. The highest BCUT2D eigenvalue weighted by Crippen LogP contribution is 2.27. The lowest BCUT2D eigenvalue weighted by Crippen LogP contribution is -2.39. The summed E-state index contributed by atoms with van der Waals surface area (Å²) in [4.78, 5) is 34.3. The number of halogens is 1. The molecule has 3 aromatic rings. The number of unbranched alkanes of at least 4 members (excludes halogenated alkanes) is 9. The van der Waals surface area contributed by atoms with Gasteiger partial charge in [-0.15, -0.1) is 0 Å². The molecule has 0 fully saturated rings. The van der Waals surface area contributed by atoms with E-state index in [1.165, 1.54) is 57.1 Å². The molecule has 0 aliphatic carbocycles. The van der Waals surface area contributed by atoms with Gasteiger partial charge >= 0.3 is 0 Å². The van der Waals surface area contributed by atoms with Crippen LogP contribution in [0, 0.1) is 5.82 Å². The van der Waals surface area contributed by atoms with Crippen LogP contribution < -0.4 is 5.56 Å². The molecule has 1 unspecified atom stereocenters. The molecule has 0 N–H and O–H groups in total. The Kier molecular flexibility index (Phi) is 12.7. The van der Waals surface area contributed by atoms with E-state index in [2.05, 4.69) is 13.8 Å². The SMILES string of the molecule is CCCCCCCCCCCC(=O)N(CCCC)C(CC)c1nc2ccccc2c(=O)n1-c1ccc(F)cc1. The van der Waals surface area contributed by atoms with Crippen molar-refractivity contribution < 1.29 is 9.18 Å². The molecule has 0 radical (unpaired) electrons. The average molecular weight is 536 g/mol. The maximum atomic E-state index is 13.8. The van der Waals surface area contributed by atoms with Crippen molar-refractivity contribution in [3.63, 3.8) is 0 Å². The van der Waals surface area contributed by atoms with Gasteiger partial charge in [0.05, 0.1) is 22.6 Å². The summed E-state index contributed by atoms with van der Waals surface area (Å²) in [7, 11) is 0. The van der Waals surface area contributed by atoms with Crippen molar-refractivity contribution in [3.8, 4) is 5.69 Å². The van der Waals surface area contributed by atoms with Gasteiger partial charge in [0.15, 0.2) is 0 Å². The van der Waals surface area contributed by atoms with Gasteiger partial charge in [0, 0.05) is 13.0 Å². The standard InChI is InChI=1S/C33H46FN3O2/c1-4-7-9-10-11-12-13-14-15-20-31(38)36(25-8-5-2)30(6-3)32-35-29-19-17-16-18-28(29)33(39)37(32)27-23-21-26(34)22-24-27/h16-19,21-24,30H,4-15,20,25H2,1-3H3. The molecule has 2 aromatic carbocycles. The molecule has 5 nitrogen and oxygen atoms in total. The number of rotatable bonds is 17. The average Bonchev–Trinajstić information content (AvgIpc) is 2.95. The Hall–Kier alpha value is -3.02. The molecule has 1 atom stereocenters. The Labute approximate surface area is 233 Å². The maximum Gasteiger partial charge on any atom is 0.266 e. The van der Waals surface area contributed by atoms with Gasteiger partial charge in [-0.25, -0.2) is 9.37 Å². The number of para-hydroxylation sites is 1. The van der Waals surface area contributed by atoms with Gasteiger partial charge in [-0.3, -0.25) is 14.2 Å². The molecule has 3 rings (SSSR count). The number of aromatic nitrogens is 2. The van der Waals surface area contributed by atoms with E-state index in [4.69, 9.17) is 4.98 Å². The van der Waals surface area contributed by atoms with E-state index in [1.54, 1.807) is 22.8 Å². The molecule has 0 aliphatic heterocycles. The molecular weight excluding hydrogens is 489 g/mol. The van der Waals surface area contributed by atoms with Crippen molar-refractivity contribution in [2.24, 2.45) is 0 Å². The first-order chi connectivity index (χ1) is 19.0. The Balaban J connectivity index is 1.85. The Morgan fingerprint density at radius 3 is 2.10 bits per heavy atom. The number of carbonyl (C=O) groups is 1. The Morgan fingerprint density at radius 1 is 0.846 bits per heavy atom. The smallest absolute Gasteiger partial charge is 0.266 e. The fourth-order valence-corrected chi connectivity index (χ4v) is 5.27. The zero-order valence-corrected chi connectivity index (χ0v) is 24.1. The maximum absolute atomic E-state index is 13.8. The van der Waals surface area contributed by atoms with Gasteiger partial charge in [-0.2, -0.15) is 0 Å². The van der Waals surface area contributed by atoms with Crippen molar-refractivity contribution in [1.82, 2.24) is 14.5 Å². The van der Waals surface area contributed by atoms with Crippen LogP contribution in [0.5, 0.6) is 0 Å². The molecule has 6 heteroatoms. The highest BCUT2D eigenvalue weighted by molar-refractivity contribution is 5.79. The van der Waals surface area contributed by atoms with E-state index in [0.29, 0.717) is 41.8 Å². The molecule has 0 bridgehead atoms. The van der Waals surface area contributed by atoms with Crippen LogP contribution >= 0.6 is 0 Å². The quantitative estimate of drug-likeness (QED) is 0.163. The summed E-state index contributed by atoms with van der Waals surface area (Å²) in [5.74, 6) is 0.283. The van der Waals surface area contributed by atoms with Gasteiger partial charge in [-0.1, -0.05) is 90.7 Å². The lowest BCUT2D eigenvalue weighted by atomic mass is 10.0. The lowest BCUT2D eigenvalue weighted by Gasteiger charge is -2.32. The molecule has 0 spiro atoms. The van der Waals surface area contributed by atoms with Gasteiger partial charge < -0.3 is 4.90 Å². The predicted molar refractivity (Wildman–Crippen MR) is 159 cm³/mol. The van der Waals surface area contributed by atoms with E-state index in [1.807, 2.05) is 30.0 Å². The fraction of sp³-hybridized carbons (Fsp3) is 0.545. The van der Waals surface area contributed by atoms with Crippen molar-refractivity contribution in [2.45, 2.75) is 110 Å². The number of amides is 1. The van der Waals surface area contributed by atoms with Gasteiger partial charge in [0.2, 0.25) is 5.91 Å². The third-order valence-corrected chi connectivity index (χ3v) is 7.51. The summed E-state index contributed by atoms with van der Waals surface area (Å²) in [5, 5.41) is 0.501. The normalized spacial score (nSPS) is 12.1. The molecule has 1 heterocycles. The minimum atomic E-state index is -0.366. The van der Waals surface area contributed by atoms with Crippen molar-refractivity contribution in [1.29, 1.82) is 0 Å². The summed E-state index contributed by atoms with van der Waals surface area (Å²) >= 11 is 0. The third kappa shape index (κ3) is 8.48. The number of carbonyl (C=O) groups excluding carboxylic acids is 1. The first kappa shape index (κ1) is 30.5. The van der Waals surface area contributed by atoms with Crippen LogP contribution in [-0.2, 0) is 4.79 Å². The second kappa shape index (κ2) is 16.2. The second-order valence-corrected chi connectivity index (χ2v) is 10.5. The summed E-state index contributed by atoms with van der Waals surface area (Å²) in [5.41, 5.74) is 0.952. The number of fused-ring (bicyclic) bond motifs is 1. The zero-order chi connectivity index (χ0) is 28.0. The Morgan fingerprint density at radius 2 is 1.46 bits per heavy atom. The second-order valence-electron chi connectivity index (χ2n) is 10.5. The van der Waals surface area contributed by atoms with Crippen LogP contribution in [0.3, 0.4) is 0 Å². The number of nitrogens with zero attached hydrogens (tertiary/aromatic N) is 3. The summed E-state index contributed by atoms with van der Waals surface area (Å²) in [6.07, 6.45) is 13.8.